The number of rotatable bonds is 6. The van der Waals surface area contributed by atoms with Crippen molar-refractivity contribution >= 4 is 26.6 Å². The Bertz CT molecular complexity index is 1530. The zero-order valence-electron chi connectivity index (χ0n) is 21.8. The van der Waals surface area contributed by atoms with Gasteiger partial charge in [-0.15, -0.1) is 0 Å². The summed E-state index contributed by atoms with van der Waals surface area (Å²) >= 11 is 0. The second-order valence-corrected chi connectivity index (χ2v) is 12.3. The molecule has 0 amide bonds. The number of nitrogens with zero attached hydrogens (tertiary/aromatic N) is 5. The average Bonchev–Trinajstić information content (AvgIpc) is 2.98. The van der Waals surface area contributed by atoms with Crippen LogP contribution in [0, 0.1) is 11.7 Å². The molecule has 9 heteroatoms. The van der Waals surface area contributed by atoms with E-state index in [2.05, 4.69) is 19.8 Å². The lowest BCUT2D eigenvalue weighted by Crippen LogP contribution is -2.49. The molecule has 39 heavy (non-hydrogen) atoms. The minimum Gasteiger partial charge on any atom is -0.368 e. The van der Waals surface area contributed by atoms with Crippen LogP contribution in [0.5, 0.6) is 0 Å². The summed E-state index contributed by atoms with van der Waals surface area (Å²) in [6.07, 6.45) is 6.99. The molecular formula is C30H32FN5O2S. The van der Waals surface area contributed by atoms with Gasteiger partial charge in [0, 0.05) is 81.5 Å². The van der Waals surface area contributed by atoms with E-state index in [-0.39, 0.29) is 5.82 Å². The number of aromatic nitrogens is 2. The minimum absolute atomic E-state index is 0.269. The second kappa shape index (κ2) is 11.0. The summed E-state index contributed by atoms with van der Waals surface area (Å²) in [5.41, 5.74) is 3.70. The summed E-state index contributed by atoms with van der Waals surface area (Å²) in [5.74, 6) is 0.218. The van der Waals surface area contributed by atoms with Crippen LogP contribution >= 0.6 is 0 Å². The first-order valence-electron chi connectivity index (χ1n) is 13.5. The SMILES string of the molecule is O=S(=O)(c1ccc(-c2cccnc2)cc1)N1CCC(CN2CCN(c3ccnc4cc(F)ccc34)CC2)CC1. The molecule has 4 aromatic rings. The number of fused-ring (bicyclic) bond motifs is 1. The highest BCUT2D eigenvalue weighted by Gasteiger charge is 2.31. The molecule has 6 rings (SSSR count). The van der Waals surface area contributed by atoms with Gasteiger partial charge in [-0.2, -0.15) is 4.31 Å². The van der Waals surface area contributed by atoms with Gasteiger partial charge in [0.2, 0.25) is 10.0 Å². The van der Waals surface area contributed by atoms with Crippen molar-refractivity contribution in [2.24, 2.45) is 5.92 Å². The quantitative estimate of drug-likeness (QED) is 0.351. The van der Waals surface area contributed by atoms with Crippen molar-refractivity contribution in [3.05, 3.63) is 85.1 Å². The van der Waals surface area contributed by atoms with Crippen molar-refractivity contribution in [2.45, 2.75) is 17.7 Å². The monoisotopic (exact) mass is 545 g/mol. The largest absolute Gasteiger partial charge is 0.368 e. The van der Waals surface area contributed by atoms with Gasteiger partial charge in [-0.05, 0) is 66.3 Å². The van der Waals surface area contributed by atoms with Gasteiger partial charge in [-0.3, -0.25) is 14.9 Å². The fraction of sp³-hybridized carbons (Fsp3) is 0.333. The van der Waals surface area contributed by atoms with Crippen LogP contribution in [0.15, 0.2) is 84.1 Å². The highest BCUT2D eigenvalue weighted by molar-refractivity contribution is 7.89. The van der Waals surface area contributed by atoms with Crippen molar-refractivity contribution in [3.63, 3.8) is 0 Å². The van der Waals surface area contributed by atoms with E-state index in [4.69, 9.17) is 0 Å². The molecule has 2 aromatic heterocycles. The van der Waals surface area contributed by atoms with Crippen LogP contribution < -0.4 is 4.90 Å². The third kappa shape index (κ3) is 5.52. The van der Waals surface area contributed by atoms with E-state index in [0.29, 0.717) is 29.4 Å². The maximum Gasteiger partial charge on any atom is 0.243 e. The Morgan fingerprint density at radius 3 is 2.33 bits per heavy atom. The van der Waals surface area contributed by atoms with E-state index < -0.39 is 10.0 Å². The summed E-state index contributed by atoms with van der Waals surface area (Å²) < 4.78 is 41.8. The number of halogens is 1. The topological polar surface area (TPSA) is 69.6 Å². The Balaban J connectivity index is 1.02. The van der Waals surface area contributed by atoms with Crippen molar-refractivity contribution in [2.75, 3.05) is 50.7 Å². The molecule has 0 unspecified atom stereocenters. The molecule has 202 valence electrons. The fourth-order valence-electron chi connectivity index (χ4n) is 5.75. The zero-order valence-corrected chi connectivity index (χ0v) is 22.6. The van der Waals surface area contributed by atoms with E-state index >= 15 is 0 Å². The van der Waals surface area contributed by atoms with E-state index in [0.717, 1.165) is 67.8 Å². The lowest BCUT2D eigenvalue weighted by Gasteiger charge is -2.39. The standard InChI is InChI=1S/C30H32FN5O2S/c31-26-5-8-28-29(20-26)33-13-9-30(28)35-18-16-34(17-19-35)22-23-10-14-36(15-11-23)39(37,38)27-6-3-24(4-7-27)25-2-1-12-32-21-25/h1-9,12-13,20-21,23H,10-11,14-19,22H2. The van der Waals surface area contributed by atoms with Crippen molar-refractivity contribution < 1.29 is 12.8 Å². The Morgan fingerprint density at radius 1 is 0.846 bits per heavy atom. The Kier molecular flexibility index (Phi) is 7.29. The zero-order chi connectivity index (χ0) is 26.8. The summed E-state index contributed by atoms with van der Waals surface area (Å²) in [7, 11) is -3.51. The maximum atomic E-state index is 13.6. The molecule has 2 aliphatic rings. The summed E-state index contributed by atoms with van der Waals surface area (Å²) in [5, 5.41) is 0.979. The molecule has 7 nitrogen and oxygen atoms in total. The van der Waals surface area contributed by atoms with Gasteiger partial charge in [0.05, 0.1) is 10.4 Å². The Hall–Kier alpha value is -3.40. The Morgan fingerprint density at radius 2 is 1.62 bits per heavy atom. The lowest BCUT2D eigenvalue weighted by molar-refractivity contribution is 0.176. The average molecular weight is 546 g/mol. The molecule has 2 aliphatic heterocycles. The van der Waals surface area contributed by atoms with E-state index in [1.165, 1.54) is 12.1 Å². The van der Waals surface area contributed by atoms with E-state index in [9.17, 15) is 12.8 Å². The van der Waals surface area contributed by atoms with Crippen LogP contribution in [0.25, 0.3) is 22.0 Å². The number of benzene rings is 2. The molecule has 0 atom stereocenters. The molecule has 2 aromatic carbocycles. The third-order valence-electron chi connectivity index (χ3n) is 7.97. The molecule has 4 heterocycles. The van der Waals surface area contributed by atoms with Crippen LogP contribution in [0.3, 0.4) is 0 Å². The van der Waals surface area contributed by atoms with Crippen molar-refractivity contribution in [1.82, 2.24) is 19.2 Å². The van der Waals surface area contributed by atoms with Gasteiger partial charge in [0.25, 0.3) is 0 Å². The fourth-order valence-corrected chi connectivity index (χ4v) is 7.22. The van der Waals surface area contributed by atoms with Gasteiger partial charge in [-0.1, -0.05) is 18.2 Å². The van der Waals surface area contributed by atoms with Gasteiger partial charge in [0.15, 0.2) is 0 Å². The highest BCUT2D eigenvalue weighted by Crippen LogP contribution is 2.29. The molecule has 0 saturated carbocycles. The molecule has 0 N–H and O–H groups in total. The number of hydrogen-bond donors (Lipinski definition) is 0. The molecule has 0 aliphatic carbocycles. The van der Waals surface area contributed by atoms with Crippen molar-refractivity contribution in [3.8, 4) is 11.1 Å². The number of pyridine rings is 2. The minimum atomic E-state index is -3.51. The molecule has 2 saturated heterocycles. The second-order valence-electron chi connectivity index (χ2n) is 10.4. The van der Waals surface area contributed by atoms with Gasteiger partial charge in [-0.25, -0.2) is 12.8 Å². The number of hydrogen-bond acceptors (Lipinski definition) is 6. The highest BCUT2D eigenvalue weighted by atomic mass is 32.2. The van der Waals surface area contributed by atoms with Gasteiger partial charge < -0.3 is 4.90 Å². The van der Waals surface area contributed by atoms with Crippen LogP contribution in [-0.2, 0) is 10.0 Å². The predicted octanol–water partition coefficient (Wildman–Crippen LogP) is 4.66. The molecule has 0 bridgehead atoms. The normalized spacial score (nSPS) is 18.0. The smallest absolute Gasteiger partial charge is 0.243 e. The predicted molar refractivity (Wildman–Crippen MR) is 152 cm³/mol. The first kappa shape index (κ1) is 25.9. The summed E-state index contributed by atoms with van der Waals surface area (Å²) in [6.45, 7) is 5.80. The summed E-state index contributed by atoms with van der Waals surface area (Å²) in [4.78, 5) is 13.7. The van der Waals surface area contributed by atoms with Crippen LogP contribution in [0.1, 0.15) is 12.8 Å². The number of piperidine rings is 1. The third-order valence-corrected chi connectivity index (χ3v) is 9.88. The Labute approximate surface area is 229 Å². The van der Waals surface area contributed by atoms with Crippen LogP contribution in [0.2, 0.25) is 0 Å². The van der Waals surface area contributed by atoms with Gasteiger partial charge >= 0.3 is 0 Å². The number of sulfonamides is 1. The first-order valence-corrected chi connectivity index (χ1v) is 14.9. The summed E-state index contributed by atoms with van der Waals surface area (Å²) in [6, 6.07) is 17.7. The lowest BCUT2D eigenvalue weighted by atomic mass is 9.97. The molecule has 0 radical (unpaired) electrons. The van der Waals surface area contributed by atoms with Gasteiger partial charge in [0.1, 0.15) is 5.82 Å². The van der Waals surface area contributed by atoms with Crippen molar-refractivity contribution in [1.29, 1.82) is 0 Å². The molecular weight excluding hydrogens is 513 g/mol. The first-order chi connectivity index (χ1) is 19.0. The van der Waals surface area contributed by atoms with Crippen LogP contribution in [-0.4, -0.2) is 73.4 Å². The number of piperazine rings is 1. The van der Waals surface area contributed by atoms with E-state index in [1.807, 2.05) is 36.4 Å². The van der Waals surface area contributed by atoms with E-state index in [1.54, 1.807) is 35.0 Å². The number of anilines is 1. The molecule has 0 spiro atoms. The maximum absolute atomic E-state index is 13.6. The van der Waals surface area contributed by atoms with Crippen LogP contribution in [0.4, 0.5) is 10.1 Å². The molecule has 2 fully saturated rings.